The summed E-state index contributed by atoms with van der Waals surface area (Å²) in [6.45, 7) is 3.96. The first-order chi connectivity index (χ1) is 13.7. The second kappa shape index (κ2) is 12.1. The molecule has 5 nitrogen and oxygen atoms in total. The molecule has 2 rings (SSSR count). The van der Waals surface area contributed by atoms with Gasteiger partial charge in [-0.15, -0.1) is 0 Å². The first-order valence-electron chi connectivity index (χ1n) is 10.2. The molecule has 0 spiro atoms. The summed E-state index contributed by atoms with van der Waals surface area (Å²) in [5.74, 6) is 2.97. The summed E-state index contributed by atoms with van der Waals surface area (Å²) in [5, 5.41) is 0. The fourth-order valence-corrected chi connectivity index (χ4v) is 3.35. The Balaban J connectivity index is 2.13. The number of ether oxygens (including phenoxy) is 3. The van der Waals surface area contributed by atoms with Gasteiger partial charge in [0.15, 0.2) is 11.5 Å². The Labute approximate surface area is 169 Å². The zero-order valence-corrected chi connectivity index (χ0v) is 17.7. The van der Waals surface area contributed by atoms with Crippen LogP contribution < -0.4 is 19.1 Å². The molecular formula is C23H34N2O3. The van der Waals surface area contributed by atoms with Crippen LogP contribution in [0.4, 0.5) is 5.82 Å². The fourth-order valence-electron chi connectivity index (χ4n) is 3.35. The summed E-state index contributed by atoms with van der Waals surface area (Å²) in [5.41, 5.74) is 1.10. The van der Waals surface area contributed by atoms with E-state index in [0.717, 1.165) is 30.9 Å². The molecule has 0 aliphatic carbocycles. The Kier molecular flexibility index (Phi) is 9.46. The van der Waals surface area contributed by atoms with Gasteiger partial charge in [-0.05, 0) is 36.2 Å². The summed E-state index contributed by atoms with van der Waals surface area (Å²) >= 11 is 0. The number of methoxy groups -OCH3 is 3. The van der Waals surface area contributed by atoms with Crippen molar-refractivity contribution in [3.63, 3.8) is 0 Å². The molecule has 0 saturated carbocycles. The summed E-state index contributed by atoms with van der Waals surface area (Å²) in [6, 6.07) is 10.1. The third-order valence-corrected chi connectivity index (χ3v) is 4.85. The van der Waals surface area contributed by atoms with Crippen molar-refractivity contribution in [2.75, 3.05) is 32.8 Å². The van der Waals surface area contributed by atoms with Gasteiger partial charge in [-0.2, -0.15) is 0 Å². The summed E-state index contributed by atoms with van der Waals surface area (Å²) in [4.78, 5) is 6.88. The minimum absolute atomic E-state index is 0.620. The molecule has 0 atom stereocenters. The Hall–Kier alpha value is -2.43. The van der Waals surface area contributed by atoms with Gasteiger partial charge in [0.2, 0.25) is 5.75 Å². The Morgan fingerprint density at radius 3 is 2.11 bits per heavy atom. The van der Waals surface area contributed by atoms with E-state index in [4.69, 9.17) is 14.2 Å². The number of unbranched alkanes of at least 4 members (excludes halogenated alkanes) is 5. The van der Waals surface area contributed by atoms with Crippen LogP contribution in [0.25, 0.3) is 0 Å². The Morgan fingerprint density at radius 1 is 0.857 bits per heavy atom. The third-order valence-electron chi connectivity index (χ3n) is 4.85. The van der Waals surface area contributed by atoms with Crippen LogP contribution in [0.15, 0.2) is 36.5 Å². The Bertz CT molecular complexity index is 666. The van der Waals surface area contributed by atoms with Gasteiger partial charge in [0.05, 0.1) is 21.3 Å². The monoisotopic (exact) mass is 386 g/mol. The van der Waals surface area contributed by atoms with Crippen LogP contribution in [0.5, 0.6) is 17.2 Å². The lowest BCUT2D eigenvalue weighted by molar-refractivity contribution is 0.323. The lowest BCUT2D eigenvalue weighted by Gasteiger charge is -2.25. The van der Waals surface area contributed by atoms with Crippen molar-refractivity contribution >= 4 is 5.82 Å². The molecule has 1 heterocycles. The molecule has 0 fully saturated rings. The molecule has 0 amide bonds. The van der Waals surface area contributed by atoms with Crippen molar-refractivity contribution in [1.29, 1.82) is 0 Å². The molecule has 0 bridgehead atoms. The molecule has 0 aliphatic rings. The fraction of sp³-hybridized carbons (Fsp3) is 0.522. The number of benzene rings is 1. The van der Waals surface area contributed by atoms with Crippen LogP contribution in [0.1, 0.15) is 51.0 Å². The predicted octanol–water partition coefficient (Wildman–Crippen LogP) is 5.47. The highest BCUT2D eigenvalue weighted by Crippen LogP contribution is 2.38. The molecule has 0 unspecified atom stereocenters. The van der Waals surface area contributed by atoms with Crippen LogP contribution in [0.3, 0.4) is 0 Å². The summed E-state index contributed by atoms with van der Waals surface area (Å²) in [6.07, 6.45) is 9.49. The largest absolute Gasteiger partial charge is 0.493 e. The van der Waals surface area contributed by atoms with E-state index in [-0.39, 0.29) is 0 Å². The zero-order valence-electron chi connectivity index (χ0n) is 17.7. The molecule has 0 radical (unpaired) electrons. The zero-order chi connectivity index (χ0) is 20.2. The average Bonchev–Trinajstić information content (AvgIpc) is 2.75. The first-order valence-corrected chi connectivity index (χ1v) is 10.2. The van der Waals surface area contributed by atoms with Gasteiger partial charge >= 0.3 is 0 Å². The molecule has 5 heteroatoms. The molecule has 1 aromatic carbocycles. The van der Waals surface area contributed by atoms with Crippen molar-refractivity contribution in [3.05, 3.63) is 42.1 Å². The van der Waals surface area contributed by atoms with Gasteiger partial charge in [-0.3, -0.25) is 0 Å². The quantitative estimate of drug-likeness (QED) is 0.427. The van der Waals surface area contributed by atoms with Gasteiger partial charge in [0.25, 0.3) is 0 Å². The topological polar surface area (TPSA) is 43.8 Å². The maximum absolute atomic E-state index is 5.50. The van der Waals surface area contributed by atoms with Crippen LogP contribution in [0.2, 0.25) is 0 Å². The Morgan fingerprint density at radius 2 is 1.54 bits per heavy atom. The second-order valence-corrected chi connectivity index (χ2v) is 6.91. The number of rotatable bonds is 13. The van der Waals surface area contributed by atoms with Crippen LogP contribution in [-0.2, 0) is 6.54 Å². The molecule has 2 aromatic rings. The highest BCUT2D eigenvalue weighted by molar-refractivity contribution is 5.54. The van der Waals surface area contributed by atoms with Gasteiger partial charge in [-0.1, -0.05) is 45.1 Å². The van der Waals surface area contributed by atoms with Crippen molar-refractivity contribution in [2.24, 2.45) is 0 Å². The summed E-state index contributed by atoms with van der Waals surface area (Å²) in [7, 11) is 4.92. The maximum atomic E-state index is 5.50. The molecule has 1 aromatic heterocycles. The van der Waals surface area contributed by atoms with E-state index in [1.165, 1.54) is 32.1 Å². The van der Waals surface area contributed by atoms with E-state index in [0.29, 0.717) is 17.2 Å². The normalized spacial score (nSPS) is 10.6. The van der Waals surface area contributed by atoms with Crippen molar-refractivity contribution in [2.45, 2.75) is 52.0 Å². The average molecular weight is 387 g/mol. The second-order valence-electron chi connectivity index (χ2n) is 6.91. The minimum atomic E-state index is 0.620. The van der Waals surface area contributed by atoms with Crippen LogP contribution in [-0.4, -0.2) is 32.9 Å². The van der Waals surface area contributed by atoms with Crippen molar-refractivity contribution in [1.82, 2.24) is 4.98 Å². The summed E-state index contributed by atoms with van der Waals surface area (Å²) < 4.78 is 16.4. The van der Waals surface area contributed by atoms with Crippen molar-refractivity contribution < 1.29 is 14.2 Å². The number of hydrogen-bond donors (Lipinski definition) is 0. The van der Waals surface area contributed by atoms with Crippen LogP contribution >= 0.6 is 0 Å². The lowest BCUT2D eigenvalue weighted by Crippen LogP contribution is -2.25. The molecule has 0 N–H and O–H groups in total. The number of nitrogens with zero attached hydrogens (tertiary/aromatic N) is 2. The van der Waals surface area contributed by atoms with E-state index in [2.05, 4.69) is 22.9 Å². The number of hydrogen-bond acceptors (Lipinski definition) is 5. The third kappa shape index (κ3) is 6.32. The highest BCUT2D eigenvalue weighted by Gasteiger charge is 2.16. The van der Waals surface area contributed by atoms with Crippen molar-refractivity contribution in [3.8, 4) is 17.2 Å². The minimum Gasteiger partial charge on any atom is -0.493 e. The van der Waals surface area contributed by atoms with Gasteiger partial charge in [0, 0.05) is 19.3 Å². The molecule has 28 heavy (non-hydrogen) atoms. The van der Waals surface area contributed by atoms with Crippen LogP contribution in [0, 0.1) is 0 Å². The predicted molar refractivity (Wildman–Crippen MR) is 115 cm³/mol. The van der Waals surface area contributed by atoms with E-state index in [1.54, 1.807) is 21.3 Å². The SMILES string of the molecule is CCCCCCCCN(Cc1cc(OC)c(OC)c(OC)c1)c1ccccn1. The van der Waals surface area contributed by atoms with E-state index >= 15 is 0 Å². The van der Waals surface area contributed by atoms with Gasteiger partial charge in [0.1, 0.15) is 5.82 Å². The van der Waals surface area contributed by atoms with Gasteiger partial charge in [-0.25, -0.2) is 4.98 Å². The lowest BCUT2D eigenvalue weighted by atomic mass is 10.1. The van der Waals surface area contributed by atoms with Gasteiger partial charge < -0.3 is 19.1 Å². The first kappa shape index (κ1) is 21.9. The molecule has 154 valence electrons. The molecule has 0 aliphatic heterocycles. The van der Waals surface area contributed by atoms with E-state index in [9.17, 15) is 0 Å². The molecule has 0 saturated heterocycles. The number of pyridine rings is 1. The molecular weight excluding hydrogens is 352 g/mol. The smallest absolute Gasteiger partial charge is 0.203 e. The standard InChI is InChI=1S/C23H34N2O3/c1-5-6-7-8-9-12-15-25(22-13-10-11-14-24-22)18-19-16-20(26-2)23(28-4)21(17-19)27-3/h10-11,13-14,16-17H,5-9,12,15,18H2,1-4H3. The maximum Gasteiger partial charge on any atom is 0.203 e. The number of anilines is 1. The highest BCUT2D eigenvalue weighted by atomic mass is 16.5. The van der Waals surface area contributed by atoms with E-state index < -0.39 is 0 Å². The number of aromatic nitrogens is 1. The van der Waals surface area contributed by atoms with E-state index in [1.807, 2.05) is 30.5 Å².